The van der Waals surface area contributed by atoms with Crippen LogP contribution in [0.4, 0.5) is 0 Å². The molecule has 2 unspecified atom stereocenters. The molecule has 2 atom stereocenters. The molecule has 6 heteroatoms. The summed E-state index contributed by atoms with van der Waals surface area (Å²) in [5, 5.41) is 15.9. The molecule has 1 N–H and O–H groups in total. The van der Waals surface area contributed by atoms with E-state index in [4.69, 9.17) is 4.74 Å². The predicted molar refractivity (Wildman–Crippen MR) is 72.7 cm³/mol. The van der Waals surface area contributed by atoms with Gasteiger partial charge in [0.1, 0.15) is 0 Å². The second-order valence-electron chi connectivity index (χ2n) is 5.22. The number of tetrazole rings is 1. The van der Waals surface area contributed by atoms with E-state index in [2.05, 4.69) is 34.6 Å². The fourth-order valence-electron chi connectivity index (χ4n) is 2.43. The molecule has 1 aromatic heterocycles. The predicted octanol–water partition coefficient (Wildman–Crippen LogP) is 0.936. The van der Waals surface area contributed by atoms with Gasteiger partial charge in [-0.2, -0.15) is 4.80 Å². The largest absolute Gasteiger partial charge is 0.377 e. The smallest absolute Gasteiger partial charge is 0.176 e. The molecular weight excluding hydrogens is 242 g/mol. The van der Waals surface area contributed by atoms with Crippen molar-refractivity contribution in [3.05, 3.63) is 5.82 Å². The highest BCUT2D eigenvalue weighted by molar-refractivity contribution is 4.95. The SMILES string of the molecule is CCCNC(Cc1nnn(C)n1)C(OCC)C1CC1. The molecule has 1 saturated carbocycles. The van der Waals surface area contributed by atoms with E-state index in [0.29, 0.717) is 5.92 Å². The summed E-state index contributed by atoms with van der Waals surface area (Å²) in [6.07, 6.45) is 4.75. The van der Waals surface area contributed by atoms with Crippen molar-refractivity contribution in [2.75, 3.05) is 13.2 Å². The minimum atomic E-state index is 0.278. The zero-order valence-electron chi connectivity index (χ0n) is 12.2. The van der Waals surface area contributed by atoms with Crippen molar-refractivity contribution in [2.45, 2.75) is 51.7 Å². The third-order valence-electron chi connectivity index (χ3n) is 3.45. The minimum Gasteiger partial charge on any atom is -0.377 e. The molecule has 0 spiro atoms. The van der Waals surface area contributed by atoms with Gasteiger partial charge in [-0.15, -0.1) is 10.2 Å². The Bertz CT molecular complexity index is 377. The average Bonchev–Trinajstić information content (AvgIpc) is 3.15. The number of hydrogen-bond acceptors (Lipinski definition) is 5. The van der Waals surface area contributed by atoms with Crippen LogP contribution in [0.3, 0.4) is 0 Å². The van der Waals surface area contributed by atoms with Gasteiger partial charge in [-0.3, -0.25) is 0 Å². The third kappa shape index (κ3) is 4.24. The van der Waals surface area contributed by atoms with Crippen LogP contribution in [0.2, 0.25) is 0 Å². The summed E-state index contributed by atoms with van der Waals surface area (Å²) in [7, 11) is 1.80. The quantitative estimate of drug-likeness (QED) is 0.721. The van der Waals surface area contributed by atoms with Crippen molar-refractivity contribution >= 4 is 0 Å². The van der Waals surface area contributed by atoms with Gasteiger partial charge in [-0.05, 0) is 43.9 Å². The first-order chi connectivity index (χ1) is 9.24. The molecule has 1 heterocycles. The van der Waals surface area contributed by atoms with Gasteiger partial charge < -0.3 is 10.1 Å². The lowest BCUT2D eigenvalue weighted by Crippen LogP contribution is -2.45. The fraction of sp³-hybridized carbons (Fsp3) is 0.923. The summed E-state index contributed by atoms with van der Waals surface area (Å²) >= 11 is 0. The highest BCUT2D eigenvalue weighted by atomic mass is 16.5. The molecule has 1 aromatic rings. The van der Waals surface area contributed by atoms with Gasteiger partial charge in [0.15, 0.2) is 5.82 Å². The van der Waals surface area contributed by atoms with Gasteiger partial charge in [0.05, 0.1) is 13.2 Å². The number of aryl methyl sites for hydroxylation is 1. The van der Waals surface area contributed by atoms with Crippen molar-refractivity contribution in [3.63, 3.8) is 0 Å². The highest BCUT2D eigenvalue weighted by Crippen LogP contribution is 2.36. The van der Waals surface area contributed by atoms with Gasteiger partial charge in [-0.25, -0.2) is 0 Å². The van der Waals surface area contributed by atoms with E-state index in [1.165, 1.54) is 17.6 Å². The Labute approximate surface area is 114 Å². The Morgan fingerprint density at radius 3 is 2.74 bits per heavy atom. The molecule has 0 saturated heterocycles. The highest BCUT2D eigenvalue weighted by Gasteiger charge is 2.37. The maximum atomic E-state index is 5.96. The van der Waals surface area contributed by atoms with E-state index < -0.39 is 0 Å². The van der Waals surface area contributed by atoms with E-state index >= 15 is 0 Å². The number of hydrogen-bond donors (Lipinski definition) is 1. The van der Waals surface area contributed by atoms with Crippen LogP contribution >= 0.6 is 0 Å². The second-order valence-corrected chi connectivity index (χ2v) is 5.22. The first-order valence-corrected chi connectivity index (χ1v) is 7.32. The maximum absolute atomic E-state index is 5.96. The van der Waals surface area contributed by atoms with Crippen LogP contribution in [0.1, 0.15) is 38.9 Å². The Hall–Kier alpha value is -1.01. The maximum Gasteiger partial charge on any atom is 0.176 e. The zero-order valence-corrected chi connectivity index (χ0v) is 12.2. The van der Waals surface area contributed by atoms with E-state index in [0.717, 1.165) is 31.8 Å². The Kier molecular flexibility index (Phi) is 5.27. The molecular formula is C13H25N5O. The zero-order chi connectivity index (χ0) is 13.7. The lowest BCUT2D eigenvalue weighted by molar-refractivity contribution is 0.0187. The van der Waals surface area contributed by atoms with Crippen molar-refractivity contribution in [2.24, 2.45) is 13.0 Å². The van der Waals surface area contributed by atoms with Crippen molar-refractivity contribution in [3.8, 4) is 0 Å². The fourth-order valence-corrected chi connectivity index (χ4v) is 2.43. The first-order valence-electron chi connectivity index (χ1n) is 7.32. The van der Waals surface area contributed by atoms with Gasteiger partial charge in [0.25, 0.3) is 0 Å². The number of rotatable bonds is 9. The van der Waals surface area contributed by atoms with Gasteiger partial charge in [-0.1, -0.05) is 6.92 Å². The van der Waals surface area contributed by atoms with Crippen LogP contribution < -0.4 is 5.32 Å². The van der Waals surface area contributed by atoms with Crippen LogP contribution in [0, 0.1) is 5.92 Å². The number of aromatic nitrogens is 4. The number of nitrogens with one attached hydrogen (secondary N) is 1. The Morgan fingerprint density at radius 2 is 2.21 bits per heavy atom. The van der Waals surface area contributed by atoms with E-state index in [-0.39, 0.29) is 12.1 Å². The summed E-state index contributed by atoms with van der Waals surface area (Å²) in [5.41, 5.74) is 0. The molecule has 19 heavy (non-hydrogen) atoms. The summed E-state index contributed by atoms with van der Waals surface area (Å²) in [4.78, 5) is 1.51. The van der Waals surface area contributed by atoms with Crippen molar-refractivity contribution < 1.29 is 4.74 Å². The van der Waals surface area contributed by atoms with Gasteiger partial charge in [0.2, 0.25) is 0 Å². The molecule has 0 aliphatic heterocycles. The Morgan fingerprint density at radius 1 is 1.42 bits per heavy atom. The van der Waals surface area contributed by atoms with Gasteiger partial charge >= 0.3 is 0 Å². The van der Waals surface area contributed by atoms with E-state index in [9.17, 15) is 0 Å². The van der Waals surface area contributed by atoms with Crippen LogP contribution in [0.25, 0.3) is 0 Å². The molecule has 0 radical (unpaired) electrons. The average molecular weight is 267 g/mol. The first kappa shape index (κ1) is 14.4. The molecule has 108 valence electrons. The molecule has 1 aliphatic rings. The molecule has 0 amide bonds. The van der Waals surface area contributed by atoms with Crippen LogP contribution in [-0.2, 0) is 18.2 Å². The van der Waals surface area contributed by atoms with Crippen molar-refractivity contribution in [1.29, 1.82) is 0 Å². The summed E-state index contributed by atoms with van der Waals surface area (Å²) in [5.74, 6) is 1.49. The molecule has 1 fully saturated rings. The topological polar surface area (TPSA) is 64.9 Å². The summed E-state index contributed by atoms with van der Waals surface area (Å²) < 4.78 is 5.96. The molecule has 6 nitrogen and oxygen atoms in total. The standard InChI is InChI=1S/C13H25N5O/c1-4-8-14-11(9-12-15-17-18(3)16-12)13(19-5-2)10-6-7-10/h10-11,13-14H,4-9H2,1-3H3. The second kappa shape index (κ2) is 6.96. The molecule has 1 aliphatic carbocycles. The molecule has 0 bridgehead atoms. The van der Waals surface area contributed by atoms with E-state index in [1.54, 1.807) is 7.05 Å². The number of ether oxygens (including phenoxy) is 1. The lowest BCUT2D eigenvalue weighted by atomic mass is 10.0. The third-order valence-corrected chi connectivity index (χ3v) is 3.45. The minimum absolute atomic E-state index is 0.278. The monoisotopic (exact) mass is 267 g/mol. The lowest BCUT2D eigenvalue weighted by Gasteiger charge is -2.27. The number of nitrogens with zero attached hydrogens (tertiary/aromatic N) is 4. The Balaban J connectivity index is 2.00. The van der Waals surface area contributed by atoms with Crippen LogP contribution in [0.15, 0.2) is 0 Å². The summed E-state index contributed by atoms with van der Waals surface area (Å²) in [6.45, 7) is 6.00. The molecule has 2 rings (SSSR count). The van der Waals surface area contributed by atoms with Crippen LogP contribution in [0.5, 0.6) is 0 Å². The normalized spacial score (nSPS) is 18.5. The molecule has 0 aromatic carbocycles. The summed E-state index contributed by atoms with van der Waals surface area (Å²) in [6, 6.07) is 0.289. The van der Waals surface area contributed by atoms with Gasteiger partial charge in [0, 0.05) is 19.1 Å². The van der Waals surface area contributed by atoms with Crippen LogP contribution in [-0.4, -0.2) is 45.5 Å². The van der Waals surface area contributed by atoms with E-state index in [1.807, 2.05) is 0 Å². The van der Waals surface area contributed by atoms with Crippen molar-refractivity contribution in [1.82, 2.24) is 25.5 Å².